The molecule has 35 heavy (non-hydrogen) atoms. The van der Waals surface area contributed by atoms with Crippen LogP contribution in [-0.4, -0.2) is 43.0 Å². The van der Waals surface area contributed by atoms with E-state index in [4.69, 9.17) is 0 Å². The fourth-order valence-corrected chi connectivity index (χ4v) is 4.31. The number of rotatable bonds is 6. The lowest BCUT2D eigenvalue weighted by Crippen LogP contribution is -2.54. The van der Waals surface area contributed by atoms with Crippen LogP contribution in [0.4, 0.5) is 0 Å². The minimum Gasteiger partial charge on any atom is -0.283 e. The van der Waals surface area contributed by atoms with E-state index in [1.165, 1.54) is 16.6 Å². The third kappa shape index (κ3) is 5.42. The van der Waals surface area contributed by atoms with Crippen molar-refractivity contribution >= 4 is 11.8 Å². The van der Waals surface area contributed by atoms with Gasteiger partial charge < -0.3 is 0 Å². The van der Waals surface area contributed by atoms with Crippen LogP contribution in [0.2, 0.25) is 0 Å². The van der Waals surface area contributed by atoms with Crippen molar-refractivity contribution in [3.05, 3.63) is 107 Å². The van der Waals surface area contributed by atoms with Crippen LogP contribution < -0.4 is 10.9 Å². The zero-order valence-electron chi connectivity index (χ0n) is 19.0. The summed E-state index contributed by atoms with van der Waals surface area (Å²) in [5.41, 5.74) is 10.3. The molecule has 1 atom stereocenters. The Hall–Kier alpha value is -4.37. The summed E-state index contributed by atoms with van der Waals surface area (Å²) >= 11 is 0. The first-order chi connectivity index (χ1) is 17.2. The number of fused-ring (bicyclic) bond motifs is 1. The van der Waals surface area contributed by atoms with Crippen molar-refractivity contribution in [1.29, 1.82) is 0 Å². The smallest absolute Gasteiger partial charge is 0.256 e. The van der Waals surface area contributed by atoms with E-state index in [-0.39, 0.29) is 24.3 Å². The lowest BCUT2D eigenvalue weighted by Gasteiger charge is -2.36. The minimum absolute atomic E-state index is 0.136. The Balaban J connectivity index is 1.21. The SMILES string of the molecule is O=C(Cc1ccc(-n2cnnn2)cc1)NNC(=O)C1Cc2ccccc2CN1Cc1ccccc1. The topological polar surface area (TPSA) is 105 Å². The molecule has 1 aromatic heterocycles. The maximum absolute atomic E-state index is 13.2. The standard InChI is InChI=1S/C26H25N7O2/c34-25(14-19-10-12-23(13-11-19)33-18-27-30-31-33)28-29-26(35)24-15-21-8-4-5-9-22(21)17-32(24)16-20-6-2-1-3-7-20/h1-13,18,24H,14-17H2,(H,28,34)(H,29,35). The Morgan fingerprint density at radius 2 is 1.60 bits per heavy atom. The summed E-state index contributed by atoms with van der Waals surface area (Å²) < 4.78 is 1.54. The quantitative estimate of drug-likeness (QED) is 0.420. The van der Waals surface area contributed by atoms with Gasteiger partial charge in [-0.25, -0.2) is 4.68 Å². The van der Waals surface area contributed by atoms with Gasteiger partial charge in [0, 0.05) is 13.1 Å². The normalized spacial score (nSPS) is 15.3. The number of tetrazole rings is 1. The second-order valence-electron chi connectivity index (χ2n) is 8.51. The van der Waals surface area contributed by atoms with Crippen LogP contribution in [-0.2, 0) is 35.5 Å². The van der Waals surface area contributed by atoms with Crippen LogP contribution in [0.15, 0.2) is 85.2 Å². The first-order valence-corrected chi connectivity index (χ1v) is 11.4. The molecule has 4 aromatic rings. The van der Waals surface area contributed by atoms with Gasteiger partial charge >= 0.3 is 0 Å². The summed E-state index contributed by atoms with van der Waals surface area (Å²) in [5.74, 6) is -0.517. The number of nitrogens with one attached hydrogen (secondary N) is 2. The van der Waals surface area contributed by atoms with E-state index in [1.807, 2.05) is 54.6 Å². The van der Waals surface area contributed by atoms with Crippen molar-refractivity contribution in [1.82, 2.24) is 36.0 Å². The number of hydrazine groups is 1. The molecule has 1 unspecified atom stereocenters. The van der Waals surface area contributed by atoms with Gasteiger partial charge in [-0.2, -0.15) is 0 Å². The zero-order valence-corrected chi connectivity index (χ0v) is 19.0. The highest BCUT2D eigenvalue weighted by Crippen LogP contribution is 2.25. The van der Waals surface area contributed by atoms with Gasteiger partial charge in [0.2, 0.25) is 5.91 Å². The lowest BCUT2D eigenvalue weighted by molar-refractivity contribution is -0.132. The van der Waals surface area contributed by atoms with Gasteiger partial charge in [-0.3, -0.25) is 25.3 Å². The number of benzene rings is 3. The van der Waals surface area contributed by atoms with Crippen LogP contribution in [0.3, 0.4) is 0 Å². The van der Waals surface area contributed by atoms with Gasteiger partial charge in [-0.05, 0) is 51.2 Å². The van der Waals surface area contributed by atoms with Crippen molar-refractivity contribution in [2.45, 2.75) is 32.0 Å². The first-order valence-electron chi connectivity index (χ1n) is 11.4. The van der Waals surface area contributed by atoms with Crippen LogP contribution in [0.25, 0.3) is 5.69 Å². The molecule has 9 heteroatoms. The van der Waals surface area contributed by atoms with E-state index in [0.717, 1.165) is 22.4 Å². The Kier molecular flexibility index (Phi) is 6.58. The Morgan fingerprint density at radius 1 is 0.857 bits per heavy atom. The summed E-state index contributed by atoms with van der Waals surface area (Å²) in [4.78, 5) is 27.8. The van der Waals surface area contributed by atoms with Crippen LogP contribution >= 0.6 is 0 Å². The molecule has 0 saturated carbocycles. The summed E-state index contributed by atoms with van der Waals surface area (Å²) in [5, 5.41) is 11.1. The van der Waals surface area contributed by atoms with Crippen molar-refractivity contribution in [3.63, 3.8) is 0 Å². The van der Waals surface area contributed by atoms with E-state index >= 15 is 0 Å². The molecule has 1 aliphatic rings. The van der Waals surface area contributed by atoms with Crippen LogP contribution in [0.5, 0.6) is 0 Å². The van der Waals surface area contributed by atoms with Gasteiger partial charge in [0.1, 0.15) is 6.33 Å². The maximum Gasteiger partial charge on any atom is 0.256 e. The summed E-state index contributed by atoms with van der Waals surface area (Å²) in [6.45, 7) is 1.32. The molecule has 9 nitrogen and oxygen atoms in total. The molecular formula is C26H25N7O2. The predicted molar refractivity (Wildman–Crippen MR) is 129 cm³/mol. The number of carbonyl (C=O) groups is 2. The highest BCUT2D eigenvalue weighted by Gasteiger charge is 2.31. The Bertz CT molecular complexity index is 1290. The molecule has 2 heterocycles. The average molecular weight is 468 g/mol. The number of nitrogens with zero attached hydrogens (tertiary/aromatic N) is 5. The van der Waals surface area contributed by atoms with E-state index in [9.17, 15) is 9.59 Å². The zero-order chi connectivity index (χ0) is 24.0. The monoisotopic (exact) mass is 467 g/mol. The molecule has 0 saturated heterocycles. The van der Waals surface area contributed by atoms with E-state index in [0.29, 0.717) is 19.5 Å². The second kappa shape index (κ2) is 10.3. The minimum atomic E-state index is -0.388. The maximum atomic E-state index is 13.2. The van der Waals surface area contributed by atoms with Crippen molar-refractivity contribution < 1.29 is 9.59 Å². The number of hydrogen-bond acceptors (Lipinski definition) is 6. The molecule has 1 aliphatic heterocycles. The molecule has 2 N–H and O–H groups in total. The van der Waals surface area contributed by atoms with Crippen molar-refractivity contribution in [3.8, 4) is 5.69 Å². The number of aromatic nitrogens is 4. The van der Waals surface area contributed by atoms with Crippen LogP contribution in [0, 0.1) is 0 Å². The second-order valence-corrected chi connectivity index (χ2v) is 8.51. The molecule has 3 aromatic carbocycles. The van der Waals surface area contributed by atoms with Gasteiger partial charge in [-0.15, -0.1) is 5.10 Å². The van der Waals surface area contributed by atoms with Crippen molar-refractivity contribution in [2.75, 3.05) is 0 Å². The molecule has 0 radical (unpaired) electrons. The number of carbonyl (C=O) groups excluding carboxylic acids is 2. The summed E-state index contributed by atoms with van der Waals surface area (Å²) in [6.07, 6.45) is 2.22. The van der Waals surface area contributed by atoms with Gasteiger partial charge in [-0.1, -0.05) is 66.7 Å². The molecule has 0 aliphatic carbocycles. The summed E-state index contributed by atoms with van der Waals surface area (Å²) in [7, 11) is 0. The molecule has 0 bridgehead atoms. The van der Waals surface area contributed by atoms with Gasteiger partial charge in [0.25, 0.3) is 5.91 Å². The molecule has 5 rings (SSSR count). The highest BCUT2D eigenvalue weighted by molar-refractivity contribution is 5.86. The third-order valence-electron chi connectivity index (χ3n) is 6.12. The third-order valence-corrected chi connectivity index (χ3v) is 6.12. The first kappa shape index (κ1) is 22.4. The van der Waals surface area contributed by atoms with Crippen LogP contribution in [0.1, 0.15) is 22.3 Å². The molecule has 176 valence electrons. The Labute approximate surface area is 202 Å². The van der Waals surface area contributed by atoms with Gasteiger partial charge in [0.05, 0.1) is 18.2 Å². The molecular weight excluding hydrogens is 442 g/mol. The van der Waals surface area contributed by atoms with E-state index < -0.39 is 0 Å². The predicted octanol–water partition coefficient (Wildman–Crippen LogP) is 1.98. The highest BCUT2D eigenvalue weighted by atomic mass is 16.2. The average Bonchev–Trinajstić information content (AvgIpc) is 3.43. The largest absolute Gasteiger partial charge is 0.283 e. The van der Waals surface area contributed by atoms with Crippen molar-refractivity contribution in [2.24, 2.45) is 0 Å². The lowest BCUT2D eigenvalue weighted by atomic mass is 9.93. The summed E-state index contributed by atoms with van der Waals surface area (Å²) in [6, 6.07) is 25.2. The molecule has 2 amide bonds. The Morgan fingerprint density at radius 3 is 2.34 bits per heavy atom. The van der Waals surface area contributed by atoms with Gasteiger partial charge in [0.15, 0.2) is 0 Å². The molecule has 0 spiro atoms. The molecule has 0 fully saturated rings. The fourth-order valence-electron chi connectivity index (χ4n) is 4.31. The number of amides is 2. The number of hydrogen-bond donors (Lipinski definition) is 2. The van der Waals surface area contributed by atoms with E-state index in [2.05, 4.69) is 55.5 Å². The fraction of sp³-hybridized carbons (Fsp3) is 0.192. The van der Waals surface area contributed by atoms with E-state index in [1.54, 1.807) is 0 Å².